The Kier molecular flexibility index (Phi) is 4.11. The molecule has 1 heterocycles. The molecule has 0 saturated heterocycles. The number of imidazole rings is 1. The van der Waals surface area contributed by atoms with Gasteiger partial charge in [0.2, 0.25) is 0 Å². The van der Waals surface area contributed by atoms with Gasteiger partial charge >= 0.3 is 0 Å². The van der Waals surface area contributed by atoms with E-state index in [2.05, 4.69) is 26.3 Å². The van der Waals surface area contributed by atoms with Crippen LogP contribution in [0.2, 0.25) is 0 Å². The summed E-state index contributed by atoms with van der Waals surface area (Å²) in [5, 5.41) is 0. The smallest absolute Gasteiger partial charge is 0.137 e. The lowest BCUT2D eigenvalue weighted by Gasteiger charge is -2.16. The molecule has 1 aromatic carbocycles. The van der Waals surface area contributed by atoms with Gasteiger partial charge in [-0.25, -0.2) is 9.37 Å². The molecule has 2 rings (SSSR count). The Morgan fingerprint density at radius 2 is 2.33 bits per heavy atom. The SMILES string of the molecule is Cn1ccnc1CC(NN)c1ccc(F)c(Br)c1. The first kappa shape index (κ1) is 13.2. The molecule has 0 amide bonds. The summed E-state index contributed by atoms with van der Waals surface area (Å²) in [6.07, 6.45) is 4.26. The van der Waals surface area contributed by atoms with E-state index < -0.39 is 0 Å². The Hall–Kier alpha value is -1.24. The molecule has 96 valence electrons. The second kappa shape index (κ2) is 5.60. The standard InChI is InChI=1S/C12H14BrFN4/c1-18-5-4-16-12(18)7-11(17-15)8-2-3-10(14)9(13)6-8/h2-6,11,17H,7,15H2,1H3. The van der Waals surface area contributed by atoms with E-state index in [0.717, 1.165) is 11.4 Å². The number of aryl methyl sites for hydroxylation is 1. The third-order valence-electron chi connectivity index (χ3n) is 2.85. The Balaban J connectivity index is 2.23. The molecule has 4 nitrogen and oxygen atoms in total. The molecule has 0 saturated carbocycles. The number of hydrogen-bond donors (Lipinski definition) is 2. The van der Waals surface area contributed by atoms with Gasteiger partial charge in [-0.1, -0.05) is 6.07 Å². The summed E-state index contributed by atoms with van der Waals surface area (Å²) in [5.74, 6) is 6.19. The van der Waals surface area contributed by atoms with Crippen molar-refractivity contribution in [1.29, 1.82) is 0 Å². The first-order valence-corrected chi connectivity index (χ1v) is 6.28. The third-order valence-corrected chi connectivity index (χ3v) is 3.46. The number of hydrazine groups is 1. The van der Waals surface area contributed by atoms with Crippen LogP contribution in [0.25, 0.3) is 0 Å². The maximum Gasteiger partial charge on any atom is 0.137 e. The fraction of sp³-hybridized carbons (Fsp3) is 0.250. The summed E-state index contributed by atoms with van der Waals surface area (Å²) in [6, 6.07) is 4.75. The van der Waals surface area contributed by atoms with Gasteiger partial charge in [0, 0.05) is 25.9 Å². The quantitative estimate of drug-likeness (QED) is 0.671. The first-order valence-electron chi connectivity index (χ1n) is 5.49. The van der Waals surface area contributed by atoms with Crippen molar-refractivity contribution in [2.45, 2.75) is 12.5 Å². The van der Waals surface area contributed by atoms with Crippen molar-refractivity contribution in [1.82, 2.24) is 15.0 Å². The van der Waals surface area contributed by atoms with Crippen molar-refractivity contribution in [2.75, 3.05) is 0 Å². The molecule has 0 aliphatic heterocycles. The van der Waals surface area contributed by atoms with Crippen LogP contribution in [0, 0.1) is 5.82 Å². The monoisotopic (exact) mass is 312 g/mol. The molecule has 18 heavy (non-hydrogen) atoms. The topological polar surface area (TPSA) is 55.9 Å². The minimum Gasteiger partial charge on any atom is -0.338 e. The highest BCUT2D eigenvalue weighted by molar-refractivity contribution is 9.10. The van der Waals surface area contributed by atoms with Crippen LogP contribution in [0.5, 0.6) is 0 Å². The van der Waals surface area contributed by atoms with E-state index >= 15 is 0 Å². The van der Waals surface area contributed by atoms with Crippen LogP contribution in [-0.4, -0.2) is 9.55 Å². The van der Waals surface area contributed by atoms with Crippen LogP contribution < -0.4 is 11.3 Å². The number of aromatic nitrogens is 2. The van der Waals surface area contributed by atoms with E-state index in [9.17, 15) is 4.39 Å². The zero-order chi connectivity index (χ0) is 13.1. The van der Waals surface area contributed by atoms with Crippen LogP contribution in [0.1, 0.15) is 17.4 Å². The summed E-state index contributed by atoms with van der Waals surface area (Å²) in [5.41, 5.74) is 3.64. The van der Waals surface area contributed by atoms with E-state index in [0.29, 0.717) is 10.9 Å². The molecular formula is C12H14BrFN4. The molecule has 1 atom stereocenters. The summed E-state index contributed by atoms with van der Waals surface area (Å²) in [7, 11) is 1.93. The van der Waals surface area contributed by atoms with Crippen molar-refractivity contribution in [3.05, 3.63) is 52.3 Å². The fourth-order valence-corrected chi connectivity index (χ4v) is 2.17. The summed E-state index contributed by atoms with van der Waals surface area (Å²) in [6.45, 7) is 0. The maximum absolute atomic E-state index is 13.2. The molecule has 2 aromatic rings. The van der Waals surface area contributed by atoms with E-state index in [1.165, 1.54) is 6.07 Å². The van der Waals surface area contributed by atoms with Gasteiger partial charge in [0.25, 0.3) is 0 Å². The van der Waals surface area contributed by atoms with Crippen molar-refractivity contribution in [3.63, 3.8) is 0 Å². The zero-order valence-corrected chi connectivity index (χ0v) is 11.5. The highest BCUT2D eigenvalue weighted by Gasteiger charge is 2.14. The lowest BCUT2D eigenvalue weighted by atomic mass is 10.0. The second-order valence-corrected chi connectivity index (χ2v) is 4.91. The van der Waals surface area contributed by atoms with Crippen LogP contribution in [-0.2, 0) is 13.5 Å². The molecule has 0 radical (unpaired) electrons. The van der Waals surface area contributed by atoms with Crippen molar-refractivity contribution in [3.8, 4) is 0 Å². The van der Waals surface area contributed by atoms with Gasteiger partial charge in [-0.3, -0.25) is 11.3 Å². The van der Waals surface area contributed by atoms with E-state index in [-0.39, 0.29) is 11.9 Å². The number of nitrogens with one attached hydrogen (secondary N) is 1. The highest BCUT2D eigenvalue weighted by atomic mass is 79.9. The van der Waals surface area contributed by atoms with Crippen molar-refractivity contribution >= 4 is 15.9 Å². The predicted octanol–water partition coefficient (Wildman–Crippen LogP) is 2.07. The van der Waals surface area contributed by atoms with E-state index in [4.69, 9.17) is 5.84 Å². The Morgan fingerprint density at radius 1 is 1.56 bits per heavy atom. The minimum atomic E-state index is -0.286. The van der Waals surface area contributed by atoms with Gasteiger partial charge in [0.15, 0.2) is 0 Å². The van der Waals surface area contributed by atoms with Crippen molar-refractivity contribution in [2.24, 2.45) is 12.9 Å². The highest BCUT2D eigenvalue weighted by Crippen LogP contribution is 2.23. The molecule has 0 fully saturated rings. The molecule has 0 aliphatic carbocycles. The largest absolute Gasteiger partial charge is 0.338 e. The molecule has 1 unspecified atom stereocenters. The Labute approximate surface area is 113 Å². The van der Waals surface area contributed by atoms with Gasteiger partial charge in [0.05, 0.1) is 10.5 Å². The lowest BCUT2D eigenvalue weighted by molar-refractivity contribution is 0.528. The van der Waals surface area contributed by atoms with Gasteiger partial charge in [-0.15, -0.1) is 0 Å². The number of benzene rings is 1. The summed E-state index contributed by atoms with van der Waals surface area (Å²) < 4.78 is 15.6. The third kappa shape index (κ3) is 2.77. The van der Waals surface area contributed by atoms with E-state index in [1.807, 2.05) is 17.8 Å². The zero-order valence-electron chi connectivity index (χ0n) is 9.90. The number of hydrogen-bond acceptors (Lipinski definition) is 3. The van der Waals surface area contributed by atoms with Gasteiger partial charge in [0.1, 0.15) is 11.6 Å². The maximum atomic E-state index is 13.2. The molecule has 6 heteroatoms. The van der Waals surface area contributed by atoms with Gasteiger partial charge in [-0.2, -0.15) is 0 Å². The summed E-state index contributed by atoms with van der Waals surface area (Å²) in [4.78, 5) is 4.25. The second-order valence-electron chi connectivity index (χ2n) is 4.05. The van der Waals surface area contributed by atoms with Gasteiger partial charge in [-0.05, 0) is 33.6 Å². The normalized spacial score (nSPS) is 12.7. The number of halogens is 2. The molecule has 3 N–H and O–H groups in total. The average Bonchev–Trinajstić information content (AvgIpc) is 2.75. The molecule has 0 bridgehead atoms. The Morgan fingerprint density at radius 3 is 2.89 bits per heavy atom. The van der Waals surface area contributed by atoms with Crippen LogP contribution >= 0.6 is 15.9 Å². The van der Waals surface area contributed by atoms with Crippen LogP contribution in [0.15, 0.2) is 35.1 Å². The van der Waals surface area contributed by atoms with Crippen molar-refractivity contribution < 1.29 is 4.39 Å². The predicted molar refractivity (Wildman–Crippen MR) is 71.1 cm³/mol. The van der Waals surface area contributed by atoms with Gasteiger partial charge < -0.3 is 4.57 Å². The number of nitrogens with two attached hydrogens (primary N) is 1. The van der Waals surface area contributed by atoms with E-state index in [1.54, 1.807) is 18.3 Å². The molecule has 1 aromatic heterocycles. The van der Waals surface area contributed by atoms with Crippen LogP contribution in [0.4, 0.5) is 4.39 Å². The number of rotatable bonds is 4. The molecular weight excluding hydrogens is 299 g/mol. The van der Waals surface area contributed by atoms with Crippen LogP contribution in [0.3, 0.4) is 0 Å². The fourth-order valence-electron chi connectivity index (χ4n) is 1.78. The molecule has 0 aliphatic rings. The Bertz CT molecular complexity index is 541. The lowest BCUT2D eigenvalue weighted by Crippen LogP contribution is -2.30. The average molecular weight is 313 g/mol. The minimum absolute atomic E-state index is 0.108. The first-order chi connectivity index (χ1) is 8.61. The molecule has 0 spiro atoms. The number of nitrogens with zero attached hydrogens (tertiary/aromatic N) is 2. The summed E-state index contributed by atoms with van der Waals surface area (Å²) >= 11 is 3.17.